The van der Waals surface area contributed by atoms with E-state index in [1.54, 1.807) is 6.07 Å². The van der Waals surface area contributed by atoms with E-state index in [-0.39, 0.29) is 16.5 Å². The molecule has 0 saturated carbocycles. The topological polar surface area (TPSA) is 42.0 Å². The van der Waals surface area contributed by atoms with E-state index in [1.807, 2.05) is 0 Å². The molecule has 1 heterocycles. The van der Waals surface area contributed by atoms with E-state index >= 15 is 0 Å². The first-order chi connectivity index (χ1) is 8.65. The van der Waals surface area contributed by atoms with Gasteiger partial charge in [0, 0.05) is 12.7 Å². The minimum atomic E-state index is -2.58. The normalized spacial score (nSPS) is 10.7. The second-order valence-corrected chi connectivity index (χ2v) is 4.68. The standard InChI is InChI=1S/C12H16F2N2OS/c1-2-3-4-7-15-10(17)9-6-5-8-16-11(9)18-12(13)14/h5-6,8,12H,2-4,7H2,1H3,(H,15,17). The van der Waals surface area contributed by atoms with Crippen LogP contribution in [0.25, 0.3) is 0 Å². The lowest BCUT2D eigenvalue weighted by molar-refractivity contribution is 0.0949. The first-order valence-corrected chi connectivity index (χ1v) is 6.71. The molecule has 1 aromatic rings. The summed E-state index contributed by atoms with van der Waals surface area (Å²) in [6.07, 6.45) is 4.39. The molecule has 0 aliphatic rings. The molecular formula is C12H16F2N2OS. The maximum atomic E-state index is 12.3. The molecule has 0 unspecified atom stereocenters. The first kappa shape index (κ1) is 14.9. The van der Waals surface area contributed by atoms with E-state index in [0.717, 1.165) is 19.3 Å². The third-order valence-electron chi connectivity index (χ3n) is 2.28. The van der Waals surface area contributed by atoms with Gasteiger partial charge in [-0.05, 0) is 30.3 Å². The number of aromatic nitrogens is 1. The third kappa shape index (κ3) is 5.00. The molecule has 0 bridgehead atoms. The summed E-state index contributed by atoms with van der Waals surface area (Å²) in [6, 6.07) is 3.07. The monoisotopic (exact) mass is 274 g/mol. The van der Waals surface area contributed by atoms with Crippen molar-refractivity contribution in [1.82, 2.24) is 10.3 Å². The van der Waals surface area contributed by atoms with Crippen LogP contribution in [0.3, 0.4) is 0 Å². The predicted octanol–water partition coefficient (Wildman–Crippen LogP) is 3.32. The zero-order valence-electron chi connectivity index (χ0n) is 10.2. The third-order valence-corrected chi connectivity index (χ3v) is 3.01. The van der Waals surface area contributed by atoms with Crippen molar-refractivity contribution in [3.8, 4) is 0 Å². The Morgan fingerprint density at radius 2 is 2.28 bits per heavy atom. The molecule has 100 valence electrons. The SMILES string of the molecule is CCCCCNC(=O)c1cccnc1SC(F)F. The highest BCUT2D eigenvalue weighted by atomic mass is 32.2. The van der Waals surface area contributed by atoms with Crippen molar-refractivity contribution in [2.75, 3.05) is 6.54 Å². The van der Waals surface area contributed by atoms with Crippen LogP contribution in [0.1, 0.15) is 36.5 Å². The van der Waals surface area contributed by atoms with Gasteiger partial charge in [-0.25, -0.2) is 4.98 Å². The number of alkyl halides is 2. The largest absolute Gasteiger partial charge is 0.352 e. The fourth-order valence-electron chi connectivity index (χ4n) is 1.41. The summed E-state index contributed by atoms with van der Waals surface area (Å²) in [5, 5.41) is 2.78. The fourth-order valence-corrected chi connectivity index (χ4v) is 1.99. The van der Waals surface area contributed by atoms with Gasteiger partial charge in [0.1, 0.15) is 5.03 Å². The van der Waals surface area contributed by atoms with E-state index in [0.29, 0.717) is 18.3 Å². The Balaban J connectivity index is 2.61. The van der Waals surface area contributed by atoms with Crippen LogP contribution in [0.5, 0.6) is 0 Å². The minimum Gasteiger partial charge on any atom is -0.352 e. The molecule has 6 heteroatoms. The van der Waals surface area contributed by atoms with Gasteiger partial charge in [-0.3, -0.25) is 4.79 Å². The van der Waals surface area contributed by atoms with Gasteiger partial charge in [-0.15, -0.1) is 0 Å². The molecule has 1 rings (SSSR count). The van der Waals surface area contributed by atoms with Crippen LogP contribution in [0.15, 0.2) is 23.4 Å². The minimum absolute atomic E-state index is 0.0699. The number of nitrogens with one attached hydrogen (secondary N) is 1. The van der Waals surface area contributed by atoms with Gasteiger partial charge in [0.05, 0.1) is 5.56 Å². The molecule has 1 N–H and O–H groups in total. The second-order valence-electron chi connectivity index (χ2n) is 3.70. The summed E-state index contributed by atoms with van der Waals surface area (Å²) in [5.41, 5.74) is 0.208. The van der Waals surface area contributed by atoms with E-state index in [4.69, 9.17) is 0 Å². The Hall–Kier alpha value is -1.17. The number of carbonyl (C=O) groups excluding carboxylic acids is 1. The van der Waals surface area contributed by atoms with E-state index in [9.17, 15) is 13.6 Å². The lowest BCUT2D eigenvalue weighted by atomic mass is 10.2. The number of hydrogen-bond acceptors (Lipinski definition) is 3. The van der Waals surface area contributed by atoms with Crippen molar-refractivity contribution < 1.29 is 13.6 Å². The highest BCUT2D eigenvalue weighted by Crippen LogP contribution is 2.26. The smallest absolute Gasteiger partial charge is 0.290 e. The maximum absolute atomic E-state index is 12.3. The number of pyridine rings is 1. The quantitative estimate of drug-likeness (QED) is 0.612. The highest BCUT2D eigenvalue weighted by molar-refractivity contribution is 7.99. The predicted molar refractivity (Wildman–Crippen MR) is 68.0 cm³/mol. The van der Waals surface area contributed by atoms with Crippen molar-refractivity contribution in [2.24, 2.45) is 0 Å². The summed E-state index contributed by atoms with van der Waals surface area (Å²) in [4.78, 5) is 15.6. The number of carbonyl (C=O) groups is 1. The average Bonchev–Trinajstić information content (AvgIpc) is 2.34. The summed E-state index contributed by atoms with van der Waals surface area (Å²) < 4.78 is 24.6. The lowest BCUT2D eigenvalue weighted by Crippen LogP contribution is -2.25. The molecule has 0 atom stereocenters. The summed E-state index contributed by atoms with van der Waals surface area (Å²) in [5.74, 6) is -2.92. The van der Waals surface area contributed by atoms with Crippen LogP contribution >= 0.6 is 11.8 Å². The van der Waals surface area contributed by atoms with Crippen molar-refractivity contribution in [3.05, 3.63) is 23.9 Å². The Bertz CT molecular complexity index is 388. The zero-order valence-corrected chi connectivity index (χ0v) is 11.0. The van der Waals surface area contributed by atoms with Gasteiger partial charge in [-0.2, -0.15) is 8.78 Å². The molecule has 0 saturated heterocycles. The van der Waals surface area contributed by atoms with Gasteiger partial charge in [0.25, 0.3) is 11.7 Å². The van der Waals surface area contributed by atoms with Crippen LogP contribution in [0.2, 0.25) is 0 Å². The molecule has 0 aliphatic carbocycles. The van der Waals surface area contributed by atoms with Crippen molar-refractivity contribution in [1.29, 1.82) is 0 Å². The Morgan fingerprint density at radius 1 is 1.50 bits per heavy atom. The maximum Gasteiger partial charge on any atom is 0.290 e. The van der Waals surface area contributed by atoms with Crippen LogP contribution in [-0.4, -0.2) is 23.2 Å². The molecule has 0 aromatic carbocycles. The number of unbranched alkanes of at least 4 members (excludes halogenated alkanes) is 2. The van der Waals surface area contributed by atoms with Gasteiger partial charge in [0.2, 0.25) is 0 Å². The molecule has 1 aromatic heterocycles. The lowest BCUT2D eigenvalue weighted by Gasteiger charge is -2.08. The van der Waals surface area contributed by atoms with Crippen LogP contribution < -0.4 is 5.32 Å². The molecule has 0 spiro atoms. The number of amides is 1. The zero-order chi connectivity index (χ0) is 13.4. The van der Waals surface area contributed by atoms with Gasteiger partial charge in [0.15, 0.2) is 0 Å². The highest BCUT2D eigenvalue weighted by Gasteiger charge is 2.15. The van der Waals surface area contributed by atoms with Crippen molar-refractivity contribution in [2.45, 2.75) is 37.0 Å². The summed E-state index contributed by atoms with van der Waals surface area (Å²) in [7, 11) is 0. The Kier molecular flexibility index (Phi) is 6.64. The van der Waals surface area contributed by atoms with Crippen LogP contribution in [0, 0.1) is 0 Å². The summed E-state index contributed by atoms with van der Waals surface area (Å²) >= 11 is 0.292. The van der Waals surface area contributed by atoms with E-state index in [1.165, 1.54) is 12.3 Å². The van der Waals surface area contributed by atoms with Crippen molar-refractivity contribution >= 4 is 17.7 Å². The van der Waals surface area contributed by atoms with Crippen LogP contribution in [-0.2, 0) is 0 Å². The molecule has 0 radical (unpaired) electrons. The first-order valence-electron chi connectivity index (χ1n) is 5.83. The number of rotatable bonds is 7. The number of hydrogen-bond donors (Lipinski definition) is 1. The van der Waals surface area contributed by atoms with Gasteiger partial charge < -0.3 is 5.32 Å². The molecule has 3 nitrogen and oxygen atoms in total. The second kappa shape index (κ2) is 8.02. The molecule has 0 aliphatic heterocycles. The number of halogens is 2. The van der Waals surface area contributed by atoms with Gasteiger partial charge in [-0.1, -0.05) is 19.8 Å². The number of nitrogens with zero attached hydrogens (tertiary/aromatic N) is 1. The number of thioether (sulfide) groups is 1. The van der Waals surface area contributed by atoms with E-state index in [2.05, 4.69) is 17.2 Å². The van der Waals surface area contributed by atoms with E-state index < -0.39 is 5.76 Å². The Morgan fingerprint density at radius 3 is 2.94 bits per heavy atom. The Labute approximate surface area is 109 Å². The molecule has 0 fully saturated rings. The van der Waals surface area contributed by atoms with Crippen molar-refractivity contribution in [3.63, 3.8) is 0 Å². The molecular weight excluding hydrogens is 258 g/mol. The average molecular weight is 274 g/mol. The fraction of sp³-hybridized carbons (Fsp3) is 0.500. The van der Waals surface area contributed by atoms with Crippen LogP contribution in [0.4, 0.5) is 8.78 Å². The molecule has 18 heavy (non-hydrogen) atoms. The van der Waals surface area contributed by atoms with Gasteiger partial charge >= 0.3 is 0 Å². The molecule has 1 amide bonds. The summed E-state index contributed by atoms with van der Waals surface area (Å²) in [6.45, 7) is 2.63.